The number of nitrogens with zero attached hydrogens (tertiary/aromatic N) is 1. The number of rotatable bonds is 12. The minimum atomic E-state index is -1.05. The molecule has 0 fully saturated rings. The number of amides is 2. The van der Waals surface area contributed by atoms with Crippen molar-refractivity contribution in [1.29, 1.82) is 0 Å². The summed E-state index contributed by atoms with van der Waals surface area (Å²) in [5, 5.41) is 14.3. The maximum atomic E-state index is 12.6. The lowest BCUT2D eigenvalue weighted by Crippen LogP contribution is -2.47. The van der Waals surface area contributed by atoms with Gasteiger partial charge in [0.15, 0.2) is 0 Å². The number of carbonyl (C=O) groups is 3. The number of aliphatic carboxylic acids is 1. The third-order valence-corrected chi connectivity index (χ3v) is 5.98. The standard InChI is InChI=1S/C27H31N3O5/c1-3-16-30(2)17-8-15-28-26(33)24(13-14-25(31)32)29-27(34)35-18-23-21-11-6-4-9-19(21)20-10-5-7-12-22(20)23/h1,4-7,9-12,23-24H,8,13-18H2,2H3,(H,28,33)(H,29,34)(H,31,32). The van der Waals surface area contributed by atoms with E-state index < -0.39 is 24.0 Å². The van der Waals surface area contributed by atoms with Crippen LogP contribution in [0.1, 0.15) is 36.3 Å². The number of nitrogens with one attached hydrogen (secondary N) is 2. The normalized spacial score (nSPS) is 12.8. The second-order valence-corrected chi connectivity index (χ2v) is 8.54. The quantitative estimate of drug-likeness (QED) is 0.321. The van der Waals surface area contributed by atoms with Crippen molar-refractivity contribution in [2.24, 2.45) is 0 Å². The molecule has 35 heavy (non-hydrogen) atoms. The molecule has 0 radical (unpaired) electrons. The van der Waals surface area contributed by atoms with Gasteiger partial charge in [0.2, 0.25) is 5.91 Å². The number of carboxylic acids is 1. The SMILES string of the molecule is C#CCN(C)CCCNC(=O)C(CCC(=O)O)NC(=O)OCC1c2ccccc2-c2ccccc21. The fourth-order valence-electron chi connectivity index (χ4n) is 4.24. The summed E-state index contributed by atoms with van der Waals surface area (Å²) in [7, 11) is 1.88. The van der Waals surface area contributed by atoms with Crippen LogP contribution in [0.5, 0.6) is 0 Å². The van der Waals surface area contributed by atoms with E-state index in [1.807, 2.05) is 60.5 Å². The summed E-state index contributed by atoms with van der Waals surface area (Å²) in [6, 6.07) is 15.0. The molecule has 8 heteroatoms. The van der Waals surface area contributed by atoms with Crippen LogP contribution in [0.3, 0.4) is 0 Å². The van der Waals surface area contributed by atoms with Gasteiger partial charge in [0.25, 0.3) is 0 Å². The molecule has 0 aromatic heterocycles. The van der Waals surface area contributed by atoms with E-state index in [-0.39, 0.29) is 25.4 Å². The molecule has 0 saturated heterocycles. The number of alkyl carbamates (subject to hydrolysis) is 1. The molecule has 0 saturated carbocycles. The molecular weight excluding hydrogens is 446 g/mol. The van der Waals surface area contributed by atoms with Crippen LogP contribution in [0.25, 0.3) is 11.1 Å². The fourth-order valence-corrected chi connectivity index (χ4v) is 4.24. The van der Waals surface area contributed by atoms with Gasteiger partial charge in [-0.1, -0.05) is 54.5 Å². The molecule has 184 valence electrons. The Labute approximate surface area is 205 Å². The lowest BCUT2D eigenvalue weighted by atomic mass is 9.98. The van der Waals surface area contributed by atoms with Gasteiger partial charge in [0.05, 0.1) is 6.54 Å². The topological polar surface area (TPSA) is 108 Å². The van der Waals surface area contributed by atoms with E-state index in [0.717, 1.165) is 22.3 Å². The van der Waals surface area contributed by atoms with Crippen LogP contribution in [-0.2, 0) is 14.3 Å². The minimum Gasteiger partial charge on any atom is -0.481 e. The van der Waals surface area contributed by atoms with Gasteiger partial charge in [0, 0.05) is 25.4 Å². The number of fused-ring (bicyclic) bond motifs is 3. The van der Waals surface area contributed by atoms with Gasteiger partial charge in [-0.2, -0.15) is 0 Å². The van der Waals surface area contributed by atoms with E-state index in [4.69, 9.17) is 16.3 Å². The van der Waals surface area contributed by atoms with Crippen LogP contribution in [-0.4, -0.2) is 67.3 Å². The highest BCUT2D eigenvalue weighted by Crippen LogP contribution is 2.44. The number of carboxylic acid groups (broad SMARTS) is 1. The Balaban J connectivity index is 1.56. The first-order chi connectivity index (χ1) is 16.9. The summed E-state index contributed by atoms with van der Waals surface area (Å²) < 4.78 is 5.51. The largest absolute Gasteiger partial charge is 0.481 e. The molecule has 2 aromatic carbocycles. The highest BCUT2D eigenvalue weighted by Gasteiger charge is 2.29. The average molecular weight is 478 g/mol. The van der Waals surface area contributed by atoms with Gasteiger partial charge < -0.3 is 20.5 Å². The van der Waals surface area contributed by atoms with Gasteiger partial charge in [-0.15, -0.1) is 6.42 Å². The molecule has 2 aromatic rings. The highest BCUT2D eigenvalue weighted by atomic mass is 16.5. The number of ether oxygens (including phenoxy) is 1. The predicted molar refractivity (Wildman–Crippen MR) is 133 cm³/mol. The van der Waals surface area contributed by atoms with E-state index in [1.54, 1.807) is 0 Å². The fraction of sp³-hybridized carbons (Fsp3) is 0.370. The van der Waals surface area contributed by atoms with Crippen LogP contribution in [0, 0.1) is 12.3 Å². The van der Waals surface area contributed by atoms with E-state index in [2.05, 4.69) is 16.6 Å². The Kier molecular flexibility index (Phi) is 9.27. The van der Waals surface area contributed by atoms with E-state index in [9.17, 15) is 14.4 Å². The van der Waals surface area contributed by atoms with Gasteiger partial charge in [-0.25, -0.2) is 4.79 Å². The summed E-state index contributed by atoms with van der Waals surface area (Å²) >= 11 is 0. The molecular formula is C27H31N3O5. The van der Waals surface area contributed by atoms with Crippen LogP contribution < -0.4 is 10.6 Å². The molecule has 0 spiro atoms. The summed E-state index contributed by atoms with van der Waals surface area (Å²) in [6.07, 6.45) is 4.89. The van der Waals surface area contributed by atoms with Gasteiger partial charge in [-0.05, 0) is 42.1 Å². The summed E-state index contributed by atoms with van der Waals surface area (Å²) in [5.74, 6) is 0.944. The number of carbonyl (C=O) groups excluding carboxylic acids is 2. The van der Waals surface area contributed by atoms with Crippen molar-refractivity contribution in [3.8, 4) is 23.5 Å². The third kappa shape index (κ3) is 7.08. The van der Waals surface area contributed by atoms with Crippen LogP contribution in [0.15, 0.2) is 48.5 Å². The van der Waals surface area contributed by atoms with Crippen molar-refractivity contribution >= 4 is 18.0 Å². The van der Waals surface area contributed by atoms with Crippen LogP contribution in [0.4, 0.5) is 4.79 Å². The van der Waals surface area contributed by atoms with Crippen molar-refractivity contribution in [1.82, 2.24) is 15.5 Å². The minimum absolute atomic E-state index is 0.0393. The molecule has 2 amide bonds. The molecule has 3 N–H and O–H groups in total. The molecule has 8 nitrogen and oxygen atoms in total. The lowest BCUT2D eigenvalue weighted by molar-refractivity contribution is -0.137. The summed E-state index contributed by atoms with van der Waals surface area (Å²) in [5.41, 5.74) is 4.39. The molecule has 0 aliphatic heterocycles. The maximum Gasteiger partial charge on any atom is 0.407 e. The first kappa shape index (κ1) is 25.8. The molecule has 1 atom stereocenters. The number of hydrogen-bond acceptors (Lipinski definition) is 5. The monoisotopic (exact) mass is 477 g/mol. The van der Waals surface area contributed by atoms with Crippen LogP contribution in [0.2, 0.25) is 0 Å². The van der Waals surface area contributed by atoms with E-state index in [0.29, 0.717) is 26.1 Å². The molecule has 0 heterocycles. The first-order valence-electron chi connectivity index (χ1n) is 11.6. The van der Waals surface area contributed by atoms with Gasteiger partial charge in [0.1, 0.15) is 12.6 Å². The predicted octanol–water partition coefficient (Wildman–Crippen LogP) is 2.83. The number of hydrogen-bond donors (Lipinski definition) is 3. The van der Waals surface area contributed by atoms with E-state index >= 15 is 0 Å². The zero-order valence-corrected chi connectivity index (χ0v) is 19.8. The highest BCUT2D eigenvalue weighted by molar-refractivity contribution is 5.86. The molecule has 1 aliphatic rings. The molecule has 3 rings (SSSR count). The number of benzene rings is 2. The Morgan fingerprint density at radius 1 is 1.11 bits per heavy atom. The van der Waals surface area contributed by atoms with Crippen molar-refractivity contribution in [3.05, 3.63) is 59.7 Å². The smallest absolute Gasteiger partial charge is 0.407 e. The van der Waals surface area contributed by atoms with Crippen molar-refractivity contribution in [2.75, 3.05) is 33.3 Å². The number of terminal acetylenes is 1. The Hall–Kier alpha value is -3.83. The van der Waals surface area contributed by atoms with E-state index in [1.165, 1.54) is 0 Å². The summed E-state index contributed by atoms with van der Waals surface area (Å²) in [6.45, 7) is 1.70. The molecule has 0 bridgehead atoms. The van der Waals surface area contributed by atoms with Gasteiger partial charge in [-0.3, -0.25) is 14.5 Å². The first-order valence-corrected chi connectivity index (χ1v) is 11.6. The van der Waals surface area contributed by atoms with Crippen LogP contribution >= 0.6 is 0 Å². The summed E-state index contributed by atoms with van der Waals surface area (Å²) in [4.78, 5) is 38.2. The second-order valence-electron chi connectivity index (χ2n) is 8.54. The third-order valence-electron chi connectivity index (χ3n) is 5.98. The Morgan fingerprint density at radius 3 is 2.34 bits per heavy atom. The van der Waals surface area contributed by atoms with Crippen molar-refractivity contribution in [3.63, 3.8) is 0 Å². The Morgan fingerprint density at radius 2 is 1.74 bits per heavy atom. The lowest BCUT2D eigenvalue weighted by Gasteiger charge is -2.20. The second kappa shape index (κ2) is 12.6. The average Bonchev–Trinajstić information content (AvgIpc) is 3.16. The molecule has 1 unspecified atom stereocenters. The zero-order chi connectivity index (χ0) is 25.2. The maximum absolute atomic E-state index is 12.6. The Bertz CT molecular complexity index is 1050. The zero-order valence-electron chi connectivity index (χ0n) is 19.8. The van der Waals surface area contributed by atoms with Crippen molar-refractivity contribution in [2.45, 2.75) is 31.2 Å². The molecule has 1 aliphatic carbocycles. The van der Waals surface area contributed by atoms with Crippen molar-refractivity contribution < 1.29 is 24.2 Å². The van der Waals surface area contributed by atoms with Gasteiger partial charge >= 0.3 is 12.1 Å².